The molecule has 0 radical (unpaired) electrons. The van der Waals surface area contributed by atoms with Crippen molar-refractivity contribution in [3.8, 4) is 5.75 Å². The number of ketones is 1. The van der Waals surface area contributed by atoms with E-state index in [4.69, 9.17) is 9.47 Å². The highest BCUT2D eigenvalue weighted by molar-refractivity contribution is 5.94. The van der Waals surface area contributed by atoms with Gasteiger partial charge in [-0.3, -0.25) is 4.79 Å². The number of carbonyl (C=O) groups excluding carboxylic acids is 1. The van der Waals surface area contributed by atoms with E-state index in [2.05, 4.69) is 13.8 Å². The fourth-order valence-corrected chi connectivity index (χ4v) is 2.91. The summed E-state index contributed by atoms with van der Waals surface area (Å²) in [5, 5.41) is 0. The van der Waals surface area contributed by atoms with E-state index in [1.165, 1.54) is 0 Å². The van der Waals surface area contributed by atoms with Gasteiger partial charge in [-0.1, -0.05) is 12.1 Å². The van der Waals surface area contributed by atoms with Crippen LogP contribution in [0.15, 0.2) is 24.3 Å². The lowest BCUT2D eigenvalue weighted by molar-refractivity contribution is -0.915. The van der Waals surface area contributed by atoms with Crippen LogP contribution >= 0.6 is 0 Å². The van der Waals surface area contributed by atoms with Gasteiger partial charge in [0.2, 0.25) is 0 Å². The smallest absolute Gasteiger partial charge is 0.159 e. The topological polar surface area (TPSA) is 40.0 Å². The highest BCUT2D eigenvalue weighted by atomic mass is 16.5. The van der Waals surface area contributed by atoms with Crippen molar-refractivity contribution in [1.82, 2.24) is 0 Å². The van der Waals surface area contributed by atoms with Crippen molar-refractivity contribution in [2.24, 2.45) is 0 Å². The Morgan fingerprint density at radius 3 is 2.71 bits per heavy atom. The minimum atomic E-state index is 0.0705. The minimum Gasteiger partial charge on any atom is -0.493 e. The molecule has 4 heteroatoms. The molecule has 4 nitrogen and oxygen atoms in total. The molecule has 1 N–H and O–H groups in total. The summed E-state index contributed by atoms with van der Waals surface area (Å²) in [6, 6.07) is 7.39. The summed E-state index contributed by atoms with van der Waals surface area (Å²) in [5.74, 6) is 0.850. The van der Waals surface area contributed by atoms with Crippen LogP contribution in [0.25, 0.3) is 0 Å². The van der Waals surface area contributed by atoms with Crippen LogP contribution in [0.5, 0.6) is 5.75 Å². The van der Waals surface area contributed by atoms with Crippen molar-refractivity contribution in [3.63, 3.8) is 0 Å². The highest BCUT2D eigenvalue weighted by Gasteiger charge is 2.24. The number of morpholine rings is 1. The summed E-state index contributed by atoms with van der Waals surface area (Å²) in [6.07, 6.45) is 1.70. The van der Waals surface area contributed by atoms with E-state index in [1.54, 1.807) is 11.8 Å². The number of hydrogen-bond donors (Lipinski definition) is 1. The normalized spacial score (nSPS) is 25.6. The standard InChI is InChI=1S/C17H25NO3/c1-13-11-18(12-14(2)21-13)8-5-9-20-17-7-4-6-16(10-17)15(3)19/h4,6-7,10,13-14H,5,8-9,11-12H2,1-3H3/p+1/t13-,14+. The third kappa shape index (κ3) is 5.14. The van der Waals surface area contributed by atoms with Crippen LogP contribution in [0, 0.1) is 0 Å². The fraction of sp³-hybridized carbons (Fsp3) is 0.588. The maximum Gasteiger partial charge on any atom is 0.159 e. The van der Waals surface area contributed by atoms with Gasteiger partial charge < -0.3 is 14.4 Å². The lowest BCUT2D eigenvalue weighted by Gasteiger charge is -2.32. The van der Waals surface area contributed by atoms with E-state index in [1.807, 2.05) is 24.3 Å². The van der Waals surface area contributed by atoms with Gasteiger partial charge in [0.25, 0.3) is 0 Å². The van der Waals surface area contributed by atoms with E-state index in [0.29, 0.717) is 24.4 Å². The number of rotatable bonds is 6. The number of benzene rings is 1. The molecule has 21 heavy (non-hydrogen) atoms. The summed E-state index contributed by atoms with van der Waals surface area (Å²) >= 11 is 0. The molecule has 1 saturated heterocycles. The first-order valence-corrected chi connectivity index (χ1v) is 7.77. The molecular weight excluding hydrogens is 266 g/mol. The molecule has 1 aromatic rings. The molecule has 1 aliphatic heterocycles. The number of ether oxygens (including phenoxy) is 2. The Labute approximate surface area is 127 Å². The molecule has 1 aromatic carbocycles. The predicted octanol–water partition coefficient (Wildman–Crippen LogP) is 1.35. The average Bonchev–Trinajstić information content (AvgIpc) is 2.43. The van der Waals surface area contributed by atoms with Crippen LogP contribution in [0.1, 0.15) is 37.6 Å². The average molecular weight is 292 g/mol. The fourth-order valence-electron chi connectivity index (χ4n) is 2.91. The van der Waals surface area contributed by atoms with Gasteiger partial charge in [-0.05, 0) is 32.9 Å². The summed E-state index contributed by atoms with van der Waals surface area (Å²) in [6.45, 7) is 9.79. The van der Waals surface area contributed by atoms with Crippen LogP contribution in [0.3, 0.4) is 0 Å². The van der Waals surface area contributed by atoms with Crippen LogP contribution in [0.4, 0.5) is 0 Å². The number of carbonyl (C=O) groups is 1. The molecule has 3 atom stereocenters. The van der Waals surface area contributed by atoms with Crippen molar-refractivity contribution in [3.05, 3.63) is 29.8 Å². The quantitative estimate of drug-likeness (QED) is 0.635. The van der Waals surface area contributed by atoms with Gasteiger partial charge in [0, 0.05) is 12.0 Å². The minimum absolute atomic E-state index is 0.0705. The molecule has 0 spiro atoms. The third-order valence-corrected chi connectivity index (χ3v) is 3.80. The summed E-state index contributed by atoms with van der Waals surface area (Å²) in [7, 11) is 0. The Balaban J connectivity index is 1.72. The van der Waals surface area contributed by atoms with Gasteiger partial charge in [-0.15, -0.1) is 0 Å². The molecule has 116 valence electrons. The number of Topliss-reactive ketones (excluding diaryl/α,β-unsaturated/α-hetero) is 1. The molecule has 0 aromatic heterocycles. The second-order valence-electron chi connectivity index (χ2n) is 5.95. The SMILES string of the molecule is CC(=O)c1cccc(OCCC[NH+]2C[C@@H](C)O[C@@H](C)C2)c1. The maximum atomic E-state index is 11.3. The van der Waals surface area contributed by atoms with Gasteiger partial charge in [0.1, 0.15) is 31.0 Å². The third-order valence-electron chi connectivity index (χ3n) is 3.80. The summed E-state index contributed by atoms with van der Waals surface area (Å²) in [5.41, 5.74) is 0.703. The van der Waals surface area contributed by atoms with Crippen LogP contribution in [-0.4, -0.2) is 44.2 Å². The molecule has 0 bridgehead atoms. The van der Waals surface area contributed by atoms with Gasteiger partial charge in [-0.2, -0.15) is 0 Å². The molecule has 0 aliphatic carbocycles. The molecular formula is C17H26NO3+. The molecule has 1 aliphatic rings. The monoisotopic (exact) mass is 292 g/mol. The van der Waals surface area contributed by atoms with Gasteiger partial charge >= 0.3 is 0 Å². The van der Waals surface area contributed by atoms with Crippen molar-refractivity contribution in [2.45, 2.75) is 39.4 Å². The summed E-state index contributed by atoms with van der Waals surface area (Å²) in [4.78, 5) is 12.9. The second-order valence-corrected chi connectivity index (χ2v) is 5.95. The zero-order chi connectivity index (χ0) is 15.2. The molecule has 1 heterocycles. The van der Waals surface area contributed by atoms with Gasteiger partial charge in [-0.25, -0.2) is 0 Å². The zero-order valence-corrected chi connectivity index (χ0v) is 13.2. The lowest BCUT2D eigenvalue weighted by Crippen LogP contribution is -3.15. The number of nitrogens with one attached hydrogen (secondary N) is 1. The van der Waals surface area contributed by atoms with E-state index < -0.39 is 0 Å². The van der Waals surface area contributed by atoms with Gasteiger partial charge in [0.15, 0.2) is 5.78 Å². The lowest BCUT2D eigenvalue weighted by atomic mass is 10.1. The van der Waals surface area contributed by atoms with Crippen LogP contribution in [0.2, 0.25) is 0 Å². The molecule has 0 amide bonds. The largest absolute Gasteiger partial charge is 0.493 e. The second kappa shape index (κ2) is 7.57. The zero-order valence-electron chi connectivity index (χ0n) is 13.2. The molecule has 1 unspecified atom stereocenters. The van der Waals surface area contributed by atoms with E-state index in [0.717, 1.165) is 31.8 Å². The first-order chi connectivity index (χ1) is 10.0. The summed E-state index contributed by atoms with van der Waals surface area (Å²) < 4.78 is 11.5. The first-order valence-electron chi connectivity index (χ1n) is 7.77. The number of quaternary nitrogens is 1. The maximum absolute atomic E-state index is 11.3. The predicted molar refractivity (Wildman–Crippen MR) is 82.1 cm³/mol. The van der Waals surface area contributed by atoms with E-state index >= 15 is 0 Å². The van der Waals surface area contributed by atoms with E-state index in [9.17, 15) is 4.79 Å². The highest BCUT2D eigenvalue weighted by Crippen LogP contribution is 2.13. The molecule has 1 fully saturated rings. The Bertz CT molecular complexity index is 465. The van der Waals surface area contributed by atoms with Crippen molar-refractivity contribution in [1.29, 1.82) is 0 Å². The molecule has 2 rings (SSSR count). The van der Waals surface area contributed by atoms with Gasteiger partial charge in [0.05, 0.1) is 13.2 Å². The van der Waals surface area contributed by atoms with Crippen molar-refractivity contribution in [2.75, 3.05) is 26.2 Å². The Kier molecular flexibility index (Phi) is 5.76. The van der Waals surface area contributed by atoms with Crippen LogP contribution < -0.4 is 9.64 Å². The number of hydrogen-bond acceptors (Lipinski definition) is 3. The first kappa shape index (κ1) is 16.0. The van der Waals surface area contributed by atoms with Crippen LogP contribution in [-0.2, 0) is 4.74 Å². The Morgan fingerprint density at radius 2 is 2.05 bits per heavy atom. The molecule has 0 saturated carbocycles. The Morgan fingerprint density at radius 1 is 1.33 bits per heavy atom. The van der Waals surface area contributed by atoms with E-state index in [-0.39, 0.29) is 5.78 Å². The Hall–Kier alpha value is -1.39. The van der Waals surface area contributed by atoms with Crippen molar-refractivity contribution < 1.29 is 19.2 Å². The van der Waals surface area contributed by atoms with Crippen molar-refractivity contribution >= 4 is 5.78 Å².